The quantitative estimate of drug-likeness (QED) is 0.880. The van der Waals surface area contributed by atoms with Crippen LogP contribution in [0.25, 0.3) is 11.1 Å². The van der Waals surface area contributed by atoms with Crippen LogP contribution in [-0.4, -0.2) is 37.2 Å². The van der Waals surface area contributed by atoms with Gasteiger partial charge in [0, 0.05) is 31.2 Å². The van der Waals surface area contributed by atoms with E-state index >= 15 is 0 Å². The minimum atomic E-state index is -0.323. The Labute approximate surface area is 148 Å². The number of hydrogen-bond donors (Lipinski definition) is 2. The van der Waals surface area contributed by atoms with Crippen LogP contribution in [0.3, 0.4) is 0 Å². The van der Waals surface area contributed by atoms with E-state index in [0.29, 0.717) is 6.04 Å². The van der Waals surface area contributed by atoms with Crippen molar-refractivity contribution < 1.29 is 9.53 Å². The summed E-state index contributed by atoms with van der Waals surface area (Å²) in [6.45, 7) is 2.19. The molecule has 0 aliphatic carbocycles. The molecule has 0 bridgehead atoms. The van der Waals surface area contributed by atoms with Crippen molar-refractivity contribution in [2.45, 2.75) is 25.4 Å². The molecule has 2 aromatic rings. The van der Waals surface area contributed by atoms with Crippen molar-refractivity contribution in [3.05, 3.63) is 54.1 Å². The molecule has 25 heavy (non-hydrogen) atoms. The average Bonchev–Trinajstić information content (AvgIpc) is 2.67. The van der Waals surface area contributed by atoms with Crippen LogP contribution in [0.2, 0.25) is 0 Å². The molecule has 5 heteroatoms. The molecule has 0 aromatic heterocycles. The zero-order chi connectivity index (χ0) is 17.6. The van der Waals surface area contributed by atoms with E-state index < -0.39 is 0 Å². The van der Waals surface area contributed by atoms with E-state index in [1.807, 2.05) is 18.2 Å². The molecule has 1 fully saturated rings. The summed E-state index contributed by atoms with van der Waals surface area (Å²) in [5, 5.41) is 3.57. The number of nitrogens with two attached hydrogens (primary N) is 1. The second-order valence-electron chi connectivity index (χ2n) is 6.37. The number of carbonyl (C=O) groups excluding carboxylic acids is 1. The molecule has 1 heterocycles. The highest BCUT2D eigenvalue weighted by molar-refractivity contribution is 5.72. The summed E-state index contributed by atoms with van der Waals surface area (Å²) >= 11 is 0. The fraction of sp³-hybridized carbons (Fsp3) is 0.350. The molecule has 1 saturated heterocycles. The minimum Gasteiger partial charge on any atom is -0.496 e. The summed E-state index contributed by atoms with van der Waals surface area (Å²) in [4.78, 5) is 12.9. The van der Waals surface area contributed by atoms with Crippen molar-refractivity contribution in [1.82, 2.24) is 10.2 Å². The van der Waals surface area contributed by atoms with Gasteiger partial charge >= 0.3 is 6.03 Å². The lowest BCUT2D eigenvalue weighted by molar-refractivity contribution is 0.185. The van der Waals surface area contributed by atoms with Crippen molar-refractivity contribution in [3.8, 4) is 16.9 Å². The van der Waals surface area contributed by atoms with Crippen LogP contribution in [0, 0.1) is 0 Å². The zero-order valence-electron chi connectivity index (χ0n) is 14.6. The highest BCUT2D eigenvalue weighted by atomic mass is 16.5. The van der Waals surface area contributed by atoms with Gasteiger partial charge in [-0.25, -0.2) is 4.79 Å². The van der Waals surface area contributed by atoms with E-state index in [2.05, 4.69) is 35.6 Å². The molecule has 0 unspecified atom stereocenters. The highest BCUT2D eigenvalue weighted by Gasteiger charge is 2.21. The van der Waals surface area contributed by atoms with Gasteiger partial charge in [-0.3, -0.25) is 0 Å². The molecule has 5 nitrogen and oxygen atoms in total. The second-order valence-corrected chi connectivity index (χ2v) is 6.37. The number of nitrogens with one attached hydrogen (secondary N) is 1. The molecule has 0 saturated carbocycles. The van der Waals surface area contributed by atoms with Crippen molar-refractivity contribution in [2.24, 2.45) is 5.73 Å². The number of nitrogens with zero attached hydrogens (tertiary/aromatic N) is 1. The van der Waals surface area contributed by atoms with Gasteiger partial charge in [-0.1, -0.05) is 42.5 Å². The summed E-state index contributed by atoms with van der Waals surface area (Å²) in [5.74, 6) is 0.892. The Morgan fingerprint density at radius 2 is 1.88 bits per heavy atom. The number of likely N-dealkylation sites (tertiary alicyclic amines) is 1. The third kappa shape index (κ3) is 4.31. The Morgan fingerprint density at radius 3 is 2.52 bits per heavy atom. The SMILES string of the molecule is COc1cc(-c2ccccc2)ccc1CNC1CCN(C(N)=O)CC1. The van der Waals surface area contributed by atoms with Crippen molar-refractivity contribution in [2.75, 3.05) is 20.2 Å². The highest BCUT2D eigenvalue weighted by Crippen LogP contribution is 2.27. The topological polar surface area (TPSA) is 67.6 Å². The van der Waals surface area contributed by atoms with Crippen molar-refractivity contribution in [3.63, 3.8) is 0 Å². The van der Waals surface area contributed by atoms with Crippen molar-refractivity contribution in [1.29, 1.82) is 0 Å². The first-order valence-corrected chi connectivity index (χ1v) is 8.67. The molecule has 1 aliphatic rings. The predicted molar refractivity (Wildman–Crippen MR) is 99.4 cm³/mol. The standard InChI is InChI=1S/C20H25N3O2/c1-25-19-13-16(15-5-3-2-4-6-15)7-8-17(19)14-22-18-9-11-23(12-10-18)20(21)24/h2-8,13,18,22H,9-12,14H2,1H3,(H2,21,24). The van der Waals surface area contributed by atoms with Gasteiger partial charge in [-0.15, -0.1) is 0 Å². The molecule has 132 valence electrons. The first-order valence-electron chi connectivity index (χ1n) is 8.67. The van der Waals surface area contributed by atoms with E-state index in [9.17, 15) is 4.79 Å². The van der Waals surface area contributed by atoms with Gasteiger partial charge in [-0.05, 0) is 30.0 Å². The van der Waals surface area contributed by atoms with Crippen LogP contribution in [0.5, 0.6) is 5.75 Å². The Hall–Kier alpha value is -2.53. The number of rotatable bonds is 5. The summed E-state index contributed by atoms with van der Waals surface area (Å²) < 4.78 is 5.59. The third-order valence-electron chi connectivity index (χ3n) is 4.78. The predicted octanol–water partition coefficient (Wildman–Crippen LogP) is 2.99. The van der Waals surface area contributed by atoms with Gasteiger partial charge in [0.2, 0.25) is 0 Å². The average molecular weight is 339 g/mol. The number of amides is 2. The Bertz CT molecular complexity index is 710. The maximum Gasteiger partial charge on any atom is 0.314 e. The van der Waals surface area contributed by atoms with E-state index in [1.54, 1.807) is 12.0 Å². The number of ether oxygens (including phenoxy) is 1. The van der Waals surface area contributed by atoms with Crippen LogP contribution >= 0.6 is 0 Å². The molecular formula is C20H25N3O2. The minimum absolute atomic E-state index is 0.323. The van der Waals surface area contributed by atoms with Gasteiger partial charge in [-0.2, -0.15) is 0 Å². The molecule has 0 radical (unpaired) electrons. The van der Waals surface area contributed by atoms with Crippen molar-refractivity contribution >= 4 is 6.03 Å². The lowest BCUT2D eigenvalue weighted by Gasteiger charge is -2.31. The Morgan fingerprint density at radius 1 is 1.16 bits per heavy atom. The summed E-state index contributed by atoms with van der Waals surface area (Å²) in [7, 11) is 1.71. The lowest BCUT2D eigenvalue weighted by atomic mass is 10.0. The maximum atomic E-state index is 11.2. The molecule has 2 amide bonds. The molecular weight excluding hydrogens is 314 g/mol. The number of benzene rings is 2. The molecule has 1 aliphatic heterocycles. The fourth-order valence-electron chi connectivity index (χ4n) is 3.26. The number of urea groups is 1. The fourth-order valence-corrected chi connectivity index (χ4v) is 3.26. The first-order chi connectivity index (χ1) is 12.2. The van der Waals surface area contributed by atoms with Gasteiger partial charge < -0.3 is 20.7 Å². The van der Waals surface area contributed by atoms with E-state index in [-0.39, 0.29) is 6.03 Å². The van der Waals surface area contributed by atoms with Crippen LogP contribution in [0.4, 0.5) is 4.79 Å². The second kappa shape index (κ2) is 8.03. The Balaban J connectivity index is 1.62. The summed E-state index contributed by atoms with van der Waals surface area (Å²) in [6.07, 6.45) is 1.85. The zero-order valence-corrected chi connectivity index (χ0v) is 14.6. The van der Waals surface area contributed by atoms with E-state index in [1.165, 1.54) is 5.56 Å². The van der Waals surface area contributed by atoms with Gasteiger partial charge in [0.05, 0.1) is 7.11 Å². The summed E-state index contributed by atoms with van der Waals surface area (Å²) in [5.41, 5.74) is 8.79. The number of methoxy groups -OCH3 is 1. The van der Waals surface area contributed by atoms with Gasteiger partial charge in [0.1, 0.15) is 5.75 Å². The monoisotopic (exact) mass is 339 g/mol. The molecule has 0 atom stereocenters. The molecule has 3 rings (SSSR count). The maximum absolute atomic E-state index is 11.2. The first kappa shape index (κ1) is 17.3. The Kier molecular flexibility index (Phi) is 5.56. The van der Waals surface area contributed by atoms with Crippen LogP contribution < -0.4 is 15.8 Å². The smallest absolute Gasteiger partial charge is 0.314 e. The van der Waals surface area contributed by atoms with Crippen LogP contribution in [0.1, 0.15) is 18.4 Å². The number of carbonyl (C=O) groups is 1. The molecule has 0 spiro atoms. The van der Waals surface area contributed by atoms with Gasteiger partial charge in [0.25, 0.3) is 0 Å². The summed E-state index contributed by atoms with van der Waals surface area (Å²) in [6, 6.07) is 16.7. The number of piperidine rings is 1. The van der Waals surface area contributed by atoms with Crippen LogP contribution in [0.15, 0.2) is 48.5 Å². The lowest BCUT2D eigenvalue weighted by Crippen LogP contribution is -2.46. The van der Waals surface area contributed by atoms with E-state index in [0.717, 1.165) is 49.4 Å². The largest absolute Gasteiger partial charge is 0.496 e. The van der Waals surface area contributed by atoms with Crippen LogP contribution in [-0.2, 0) is 6.54 Å². The molecule has 3 N–H and O–H groups in total. The number of primary amides is 1. The van der Waals surface area contributed by atoms with E-state index in [4.69, 9.17) is 10.5 Å². The molecule has 2 aromatic carbocycles. The number of hydrogen-bond acceptors (Lipinski definition) is 3. The normalized spacial score (nSPS) is 15.2. The third-order valence-corrected chi connectivity index (χ3v) is 4.78. The van der Waals surface area contributed by atoms with Gasteiger partial charge in [0.15, 0.2) is 0 Å².